The molecule has 1 aromatic carbocycles. The molecule has 2 rings (SSSR count). The highest BCUT2D eigenvalue weighted by molar-refractivity contribution is 7.09. The Bertz CT molecular complexity index is 748. The molecular weight excluding hydrogens is 354 g/mol. The predicted octanol–water partition coefficient (Wildman–Crippen LogP) is 3.03. The molecule has 2 aromatic rings. The summed E-state index contributed by atoms with van der Waals surface area (Å²) in [4.78, 5) is 24.9. The summed E-state index contributed by atoms with van der Waals surface area (Å²) in [6.07, 6.45) is 1.95. The summed E-state index contributed by atoms with van der Waals surface area (Å²) in [7, 11) is 3.10. The number of rotatable bonds is 8. The number of amides is 1. The van der Waals surface area contributed by atoms with Gasteiger partial charge in [-0.05, 0) is 42.1 Å². The summed E-state index contributed by atoms with van der Waals surface area (Å²) < 4.78 is 15.5. The van der Waals surface area contributed by atoms with E-state index in [2.05, 4.69) is 5.32 Å². The Morgan fingerprint density at radius 2 is 1.88 bits per heavy atom. The maximum atomic E-state index is 12.0. The number of methoxy groups -OCH3 is 2. The molecule has 0 spiro atoms. The Hall–Kier alpha value is -2.80. The summed E-state index contributed by atoms with van der Waals surface area (Å²) in [5, 5.41) is 4.67. The lowest BCUT2D eigenvalue weighted by Gasteiger charge is -2.11. The van der Waals surface area contributed by atoms with Crippen molar-refractivity contribution in [2.75, 3.05) is 14.2 Å². The zero-order chi connectivity index (χ0) is 18.9. The van der Waals surface area contributed by atoms with Crippen LogP contribution in [0.2, 0.25) is 0 Å². The van der Waals surface area contributed by atoms with Gasteiger partial charge in [0, 0.05) is 17.0 Å². The minimum Gasteiger partial charge on any atom is -0.497 e. The van der Waals surface area contributed by atoms with E-state index in [9.17, 15) is 9.59 Å². The van der Waals surface area contributed by atoms with Crippen LogP contribution in [0, 0.1) is 0 Å². The monoisotopic (exact) mass is 375 g/mol. The molecule has 1 N–H and O–H groups in total. The molecule has 1 heterocycles. The van der Waals surface area contributed by atoms with Gasteiger partial charge in [-0.2, -0.15) is 0 Å². The maximum Gasteiger partial charge on any atom is 0.331 e. The van der Waals surface area contributed by atoms with Gasteiger partial charge in [0.2, 0.25) is 0 Å². The van der Waals surface area contributed by atoms with E-state index < -0.39 is 12.1 Å². The molecule has 7 heteroatoms. The quantitative estimate of drug-likeness (QED) is 0.567. The Kier molecular flexibility index (Phi) is 7.23. The lowest BCUT2D eigenvalue weighted by atomic mass is 10.2. The van der Waals surface area contributed by atoms with Gasteiger partial charge in [-0.1, -0.05) is 6.07 Å². The number of benzene rings is 1. The van der Waals surface area contributed by atoms with E-state index in [1.54, 1.807) is 49.8 Å². The number of nitrogens with one attached hydrogen (secondary N) is 1. The largest absolute Gasteiger partial charge is 0.497 e. The first kappa shape index (κ1) is 19.5. The van der Waals surface area contributed by atoms with Crippen LogP contribution in [0.3, 0.4) is 0 Å². The van der Waals surface area contributed by atoms with Crippen LogP contribution >= 0.6 is 11.3 Å². The van der Waals surface area contributed by atoms with Crippen molar-refractivity contribution < 1.29 is 23.8 Å². The minimum atomic E-state index is -0.882. The fourth-order valence-electron chi connectivity index (χ4n) is 2.09. The fourth-order valence-corrected chi connectivity index (χ4v) is 2.73. The van der Waals surface area contributed by atoms with Gasteiger partial charge in [-0.25, -0.2) is 4.79 Å². The lowest BCUT2D eigenvalue weighted by Crippen LogP contribution is -2.34. The summed E-state index contributed by atoms with van der Waals surface area (Å²) in [5.41, 5.74) is 0.716. The van der Waals surface area contributed by atoms with Gasteiger partial charge in [-0.3, -0.25) is 4.79 Å². The second-order valence-corrected chi connectivity index (χ2v) is 6.39. The smallest absolute Gasteiger partial charge is 0.331 e. The molecule has 1 aromatic heterocycles. The number of carbonyl (C=O) groups is 2. The van der Waals surface area contributed by atoms with Gasteiger partial charge < -0.3 is 19.5 Å². The third-order valence-electron chi connectivity index (χ3n) is 3.46. The molecular formula is C19H21NO5S. The van der Waals surface area contributed by atoms with Crippen molar-refractivity contribution in [3.63, 3.8) is 0 Å². The summed E-state index contributed by atoms with van der Waals surface area (Å²) in [6.45, 7) is 1.95. The molecule has 0 aliphatic rings. The molecule has 0 unspecified atom stereocenters. The number of hydrogen-bond acceptors (Lipinski definition) is 6. The van der Waals surface area contributed by atoms with E-state index in [0.717, 1.165) is 4.88 Å². The average Bonchev–Trinajstić information content (AvgIpc) is 3.17. The van der Waals surface area contributed by atoms with Gasteiger partial charge in [0.1, 0.15) is 11.5 Å². The van der Waals surface area contributed by atoms with Crippen LogP contribution in [0.5, 0.6) is 11.5 Å². The molecule has 0 aliphatic carbocycles. The molecule has 0 aliphatic heterocycles. The van der Waals surface area contributed by atoms with Crippen molar-refractivity contribution in [2.24, 2.45) is 0 Å². The van der Waals surface area contributed by atoms with Crippen LogP contribution in [0.4, 0.5) is 0 Å². The number of ether oxygens (including phenoxy) is 3. The third-order valence-corrected chi connectivity index (χ3v) is 4.34. The molecule has 0 saturated heterocycles. The van der Waals surface area contributed by atoms with Crippen molar-refractivity contribution in [1.82, 2.24) is 5.32 Å². The zero-order valence-corrected chi connectivity index (χ0v) is 15.7. The van der Waals surface area contributed by atoms with Crippen molar-refractivity contribution in [3.8, 4) is 11.5 Å². The highest BCUT2D eigenvalue weighted by atomic mass is 32.1. The van der Waals surface area contributed by atoms with Crippen molar-refractivity contribution in [2.45, 2.75) is 19.6 Å². The van der Waals surface area contributed by atoms with E-state index in [1.807, 2.05) is 17.5 Å². The standard InChI is InChI=1S/C19H21NO5S/c1-13(19(22)20-12-17-5-4-8-26-17)25-18(21)7-6-14-9-15(23-2)11-16(10-14)24-3/h4-11,13H,12H2,1-3H3,(H,20,22)/b7-6+/t13-/m0/s1. The Labute approximate surface area is 156 Å². The van der Waals surface area contributed by atoms with Crippen molar-refractivity contribution in [3.05, 3.63) is 52.2 Å². The van der Waals surface area contributed by atoms with Crippen LogP contribution in [-0.2, 0) is 20.9 Å². The highest BCUT2D eigenvalue weighted by Crippen LogP contribution is 2.23. The molecule has 0 bridgehead atoms. The van der Waals surface area contributed by atoms with Gasteiger partial charge in [0.15, 0.2) is 6.10 Å². The number of thiophene rings is 1. The minimum absolute atomic E-state index is 0.344. The predicted molar refractivity (Wildman–Crippen MR) is 100 cm³/mol. The molecule has 0 fully saturated rings. The summed E-state index contributed by atoms with van der Waals surface area (Å²) in [5.74, 6) is 0.270. The van der Waals surface area contributed by atoms with Gasteiger partial charge in [0.05, 0.1) is 20.8 Å². The van der Waals surface area contributed by atoms with E-state index in [0.29, 0.717) is 23.6 Å². The summed E-state index contributed by atoms with van der Waals surface area (Å²) in [6, 6.07) is 9.07. The first-order chi connectivity index (χ1) is 12.5. The van der Waals surface area contributed by atoms with Crippen LogP contribution in [0.25, 0.3) is 6.08 Å². The number of hydrogen-bond donors (Lipinski definition) is 1. The first-order valence-corrected chi connectivity index (χ1v) is 8.81. The topological polar surface area (TPSA) is 73.9 Å². The Balaban J connectivity index is 1.88. The van der Waals surface area contributed by atoms with Crippen LogP contribution in [0.1, 0.15) is 17.4 Å². The second-order valence-electron chi connectivity index (χ2n) is 5.36. The molecule has 0 saturated carbocycles. The highest BCUT2D eigenvalue weighted by Gasteiger charge is 2.16. The van der Waals surface area contributed by atoms with Crippen molar-refractivity contribution >= 4 is 29.3 Å². The van der Waals surface area contributed by atoms with Crippen LogP contribution < -0.4 is 14.8 Å². The van der Waals surface area contributed by atoms with E-state index in [-0.39, 0.29) is 5.91 Å². The first-order valence-electron chi connectivity index (χ1n) is 7.93. The molecule has 0 radical (unpaired) electrons. The van der Waals surface area contributed by atoms with E-state index in [4.69, 9.17) is 14.2 Å². The average molecular weight is 375 g/mol. The molecule has 26 heavy (non-hydrogen) atoms. The summed E-state index contributed by atoms with van der Waals surface area (Å²) >= 11 is 1.55. The lowest BCUT2D eigenvalue weighted by molar-refractivity contribution is -0.150. The van der Waals surface area contributed by atoms with Crippen molar-refractivity contribution in [1.29, 1.82) is 0 Å². The van der Waals surface area contributed by atoms with Gasteiger partial charge in [-0.15, -0.1) is 11.3 Å². The molecule has 1 amide bonds. The third kappa shape index (κ3) is 5.93. The fraction of sp³-hybridized carbons (Fsp3) is 0.263. The van der Waals surface area contributed by atoms with E-state index >= 15 is 0 Å². The van der Waals surface area contributed by atoms with Gasteiger partial charge >= 0.3 is 5.97 Å². The molecule has 6 nitrogen and oxygen atoms in total. The molecule has 1 atom stereocenters. The maximum absolute atomic E-state index is 12.0. The van der Waals surface area contributed by atoms with Crippen LogP contribution in [0.15, 0.2) is 41.8 Å². The van der Waals surface area contributed by atoms with Crippen LogP contribution in [-0.4, -0.2) is 32.2 Å². The Morgan fingerprint density at radius 1 is 1.19 bits per heavy atom. The normalized spacial score (nSPS) is 11.8. The number of carbonyl (C=O) groups excluding carboxylic acids is 2. The SMILES string of the molecule is COc1cc(/C=C/C(=O)O[C@@H](C)C(=O)NCc2cccs2)cc(OC)c1. The molecule has 138 valence electrons. The Morgan fingerprint density at radius 3 is 2.46 bits per heavy atom. The van der Waals surface area contributed by atoms with Gasteiger partial charge in [0.25, 0.3) is 5.91 Å². The van der Waals surface area contributed by atoms with E-state index in [1.165, 1.54) is 13.0 Å². The zero-order valence-electron chi connectivity index (χ0n) is 14.9. The second kappa shape index (κ2) is 9.62. The number of esters is 1.